The average molecular weight is 232 g/mol. The summed E-state index contributed by atoms with van der Waals surface area (Å²) in [5.41, 5.74) is 4.71. The fraction of sp³-hybridized carbons (Fsp3) is 0.500. The summed E-state index contributed by atoms with van der Waals surface area (Å²) in [7, 11) is 0. The molecule has 1 aromatic carbocycles. The number of nitrogens with one attached hydrogen (secondary N) is 1. The Balaban J connectivity index is 2.26. The Kier molecular flexibility index (Phi) is 2.86. The van der Waals surface area contributed by atoms with Crippen LogP contribution in [0.15, 0.2) is 17.1 Å². The first kappa shape index (κ1) is 12.0. The van der Waals surface area contributed by atoms with Gasteiger partial charge in [-0.1, -0.05) is 17.7 Å². The highest BCUT2D eigenvalue weighted by molar-refractivity contribution is 5.92. The largest absolute Gasteiger partial charge is 0.462 e. The van der Waals surface area contributed by atoms with Crippen molar-refractivity contribution in [2.75, 3.05) is 11.9 Å². The van der Waals surface area contributed by atoms with Crippen LogP contribution < -0.4 is 5.32 Å². The van der Waals surface area contributed by atoms with E-state index in [1.165, 1.54) is 16.7 Å². The number of aryl methyl sites for hydroxylation is 3. The molecule has 0 spiro atoms. The lowest BCUT2D eigenvalue weighted by atomic mass is 10.1. The van der Waals surface area contributed by atoms with E-state index in [0.717, 1.165) is 5.69 Å². The molecular weight excluding hydrogens is 212 g/mol. The number of amidine groups is 1. The summed E-state index contributed by atoms with van der Waals surface area (Å²) < 4.78 is 5.55. The smallest absolute Gasteiger partial charge is 0.289 e. The first-order chi connectivity index (χ1) is 7.87. The van der Waals surface area contributed by atoms with Crippen LogP contribution in [0.4, 0.5) is 5.69 Å². The molecule has 0 radical (unpaired) electrons. The number of anilines is 1. The van der Waals surface area contributed by atoms with Gasteiger partial charge in [-0.15, -0.1) is 0 Å². The highest BCUT2D eigenvalue weighted by Crippen LogP contribution is 2.24. The van der Waals surface area contributed by atoms with Crippen molar-refractivity contribution in [2.45, 2.75) is 40.2 Å². The molecule has 92 valence electrons. The minimum atomic E-state index is -0.116. The highest BCUT2D eigenvalue weighted by Gasteiger charge is 2.26. The minimum Gasteiger partial charge on any atom is -0.462 e. The van der Waals surface area contributed by atoms with Crippen molar-refractivity contribution in [1.29, 1.82) is 0 Å². The van der Waals surface area contributed by atoms with E-state index in [2.05, 4.69) is 57.1 Å². The average Bonchev–Trinajstić information content (AvgIpc) is 2.52. The van der Waals surface area contributed by atoms with Gasteiger partial charge in [-0.2, -0.15) is 0 Å². The third kappa shape index (κ3) is 2.60. The van der Waals surface area contributed by atoms with Gasteiger partial charge in [0, 0.05) is 5.69 Å². The number of ether oxygens (including phenoxy) is 1. The van der Waals surface area contributed by atoms with E-state index in [9.17, 15) is 0 Å². The number of nitrogens with zero attached hydrogens (tertiary/aromatic N) is 1. The second kappa shape index (κ2) is 4.06. The maximum absolute atomic E-state index is 5.55. The van der Waals surface area contributed by atoms with Crippen LogP contribution in [0.1, 0.15) is 30.5 Å². The summed E-state index contributed by atoms with van der Waals surface area (Å²) in [4.78, 5) is 4.50. The second-order valence-electron chi connectivity index (χ2n) is 5.42. The molecule has 2 rings (SSSR count). The van der Waals surface area contributed by atoms with E-state index in [-0.39, 0.29) is 5.54 Å². The van der Waals surface area contributed by atoms with Crippen molar-refractivity contribution in [2.24, 2.45) is 4.99 Å². The van der Waals surface area contributed by atoms with Crippen LogP contribution in [0, 0.1) is 20.8 Å². The lowest BCUT2D eigenvalue weighted by Crippen LogP contribution is -2.17. The zero-order valence-electron chi connectivity index (χ0n) is 11.2. The molecule has 0 aromatic heterocycles. The molecule has 1 aromatic rings. The summed E-state index contributed by atoms with van der Waals surface area (Å²) in [5.74, 6) is 0. The fourth-order valence-electron chi connectivity index (χ4n) is 2.13. The molecule has 0 bridgehead atoms. The van der Waals surface area contributed by atoms with E-state index in [1.54, 1.807) is 0 Å². The van der Waals surface area contributed by atoms with Gasteiger partial charge in [0.05, 0.1) is 5.54 Å². The Morgan fingerprint density at radius 3 is 2.24 bits per heavy atom. The topological polar surface area (TPSA) is 33.6 Å². The summed E-state index contributed by atoms with van der Waals surface area (Å²) in [6.07, 6.45) is 0. The Bertz CT molecular complexity index is 452. The summed E-state index contributed by atoms with van der Waals surface area (Å²) in [6, 6.07) is 4.96. The highest BCUT2D eigenvalue weighted by atomic mass is 16.5. The van der Waals surface area contributed by atoms with Gasteiger partial charge in [0.2, 0.25) is 0 Å². The molecule has 0 unspecified atom stereocenters. The maximum atomic E-state index is 5.55. The number of benzene rings is 1. The molecule has 1 N–H and O–H groups in total. The molecule has 1 heterocycles. The first-order valence-corrected chi connectivity index (χ1v) is 5.95. The van der Waals surface area contributed by atoms with Crippen molar-refractivity contribution >= 4 is 11.7 Å². The van der Waals surface area contributed by atoms with Crippen LogP contribution in [0.25, 0.3) is 0 Å². The lowest BCUT2D eigenvalue weighted by Gasteiger charge is -2.12. The van der Waals surface area contributed by atoms with Crippen molar-refractivity contribution in [3.63, 3.8) is 0 Å². The third-order valence-electron chi connectivity index (χ3n) is 2.88. The molecule has 1 aliphatic rings. The molecule has 0 fully saturated rings. The minimum absolute atomic E-state index is 0.116. The fourth-order valence-corrected chi connectivity index (χ4v) is 2.13. The van der Waals surface area contributed by atoms with E-state index in [4.69, 9.17) is 4.74 Å². The summed E-state index contributed by atoms with van der Waals surface area (Å²) >= 11 is 0. The van der Waals surface area contributed by atoms with Crippen molar-refractivity contribution in [1.82, 2.24) is 0 Å². The Morgan fingerprint density at radius 2 is 1.76 bits per heavy atom. The van der Waals surface area contributed by atoms with Crippen molar-refractivity contribution in [3.05, 3.63) is 28.8 Å². The van der Waals surface area contributed by atoms with Gasteiger partial charge in [0.25, 0.3) is 6.02 Å². The van der Waals surface area contributed by atoms with Crippen molar-refractivity contribution < 1.29 is 4.74 Å². The molecule has 0 saturated heterocycles. The summed E-state index contributed by atoms with van der Waals surface area (Å²) in [6.45, 7) is 11.1. The van der Waals surface area contributed by atoms with Gasteiger partial charge < -0.3 is 10.1 Å². The Morgan fingerprint density at radius 1 is 1.18 bits per heavy atom. The van der Waals surface area contributed by atoms with E-state index in [1.807, 2.05) is 0 Å². The van der Waals surface area contributed by atoms with Gasteiger partial charge in [-0.05, 0) is 45.7 Å². The second-order valence-corrected chi connectivity index (χ2v) is 5.42. The predicted molar refractivity (Wildman–Crippen MR) is 71.7 cm³/mol. The van der Waals surface area contributed by atoms with Gasteiger partial charge in [-0.3, -0.25) is 0 Å². The van der Waals surface area contributed by atoms with Crippen molar-refractivity contribution in [3.8, 4) is 0 Å². The molecule has 1 aliphatic heterocycles. The Labute approximate surface area is 103 Å². The first-order valence-electron chi connectivity index (χ1n) is 5.95. The van der Waals surface area contributed by atoms with Gasteiger partial charge in [0.1, 0.15) is 6.61 Å². The molecule has 0 amide bonds. The quantitative estimate of drug-likeness (QED) is 0.806. The van der Waals surface area contributed by atoms with Crippen LogP contribution in [-0.4, -0.2) is 18.2 Å². The van der Waals surface area contributed by atoms with Crippen LogP contribution in [-0.2, 0) is 4.74 Å². The van der Waals surface area contributed by atoms with Gasteiger partial charge in [-0.25, -0.2) is 4.99 Å². The zero-order valence-corrected chi connectivity index (χ0v) is 11.2. The zero-order chi connectivity index (χ0) is 12.6. The van der Waals surface area contributed by atoms with Crippen LogP contribution in [0.2, 0.25) is 0 Å². The molecule has 3 nitrogen and oxygen atoms in total. The molecule has 17 heavy (non-hydrogen) atoms. The lowest BCUT2D eigenvalue weighted by molar-refractivity contribution is 0.278. The number of aliphatic imine (C=N–C) groups is 1. The third-order valence-corrected chi connectivity index (χ3v) is 2.88. The van der Waals surface area contributed by atoms with E-state index >= 15 is 0 Å². The standard InChI is InChI=1S/C14H20N2O/c1-9-6-10(2)12(11(3)7-9)15-13-16-14(4,5)8-17-13/h6-7H,8H2,1-5H3,(H,15,16). The predicted octanol–water partition coefficient (Wildman–Crippen LogP) is 3.19. The van der Waals surface area contributed by atoms with Crippen LogP contribution in [0.5, 0.6) is 0 Å². The number of rotatable bonds is 1. The van der Waals surface area contributed by atoms with Crippen LogP contribution >= 0.6 is 0 Å². The molecule has 0 aliphatic carbocycles. The molecular formula is C14H20N2O. The molecule has 3 heteroatoms. The monoisotopic (exact) mass is 232 g/mol. The van der Waals surface area contributed by atoms with Crippen LogP contribution in [0.3, 0.4) is 0 Å². The van der Waals surface area contributed by atoms with E-state index in [0.29, 0.717) is 12.6 Å². The Hall–Kier alpha value is -1.51. The number of hydrogen-bond donors (Lipinski definition) is 1. The molecule has 0 saturated carbocycles. The normalized spacial score (nSPS) is 17.6. The summed E-state index contributed by atoms with van der Waals surface area (Å²) in [5, 5.41) is 3.29. The van der Waals surface area contributed by atoms with Gasteiger partial charge in [0.15, 0.2) is 0 Å². The maximum Gasteiger partial charge on any atom is 0.289 e. The molecule has 0 atom stereocenters. The number of hydrogen-bond acceptors (Lipinski definition) is 3. The van der Waals surface area contributed by atoms with E-state index < -0.39 is 0 Å². The van der Waals surface area contributed by atoms with Gasteiger partial charge >= 0.3 is 0 Å². The SMILES string of the molecule is Cc1cc(C)c(NC2=NC(C)(C)CO2)c(C)c1.